The summed E-state index contributed by atoms with van der Waals surface area (Å²) in [5.74, 6) is 6.02. The van der Waals surface area contributed by atoms with Crippen LogP contribution in [0.1, 0.15) is 71.6 Å². The van der Waals surface area contributed by atoms with Gasteiger partial charge in [-0.3, -0.25) is 0 Å². The van der Waals surface area contributed by atoms with Crippen LogP contribution >= 0.6 is 0 Å². The van der Waals surface area contributed by atoms with Crippen molar-refractivity contribution in [1.82, 2.24) is 0 Å². The Morgan fingerprint density at radius 3 is 1.80 bits per heavy atom. The van der Waals surface area contributed by atoms with Crippen LogP contribution in [0.5, 0.6) is 0 Å². The standard InChI is InChI=1S/C19H32O/c1-14-3-6-16(7-4-14)17-9-11-18(12-10-17)19-8-5-15(2)20-13-19/h5,14,16-19H,3-4,6-13H2,1-2H3. The summed E-state index contributed by atoms with van der Waals surface area (Å²) in [6.45, 7) is 5.52. The van der Waals surface area contributed by atoms with Crippen molar-refractivity contribution in [3.8, 4) is 0 Å². The highest BCUT2D eigenvalue weighted by atomic mass is 16.5. The molecule has 2 fully saturated rings. The van der Waals surface area contributed by atoms with E-state index in [2.05, 4.69) is 19.9 Å². The van der Waals surface area contributed by atoms with E-state index < -0.39 is 0 Å². The quantitative estimate of drug-likeness (QED) is 0.641. The highest BCUT2D eigenvalue weighted by Gasteiger charge is 2.33. The van der Waals surface area contributed by atoms with Crippen LogP contribution in [0.4, 0.5) is 0 Å². The second-order valence-electron chi connectivity index (χ2n) is 7.82. The molecule has 3 rings (SSSR count). The fourth-order valence-corrected chi connectivity index (χ4v) is 4.86. The van der Waals surface area contributed by atoms with Gasteiger partial charge in [0.2, 0.25) is 0 Å². The van der Waals surface area contributed by atoms with Gasteiger partial charge in [0.15, 0.2) is 0 Å². The molecule has 0 bridgehead atoms. The van der Waals surface area contributed by atoms with Gasteiger partial charge in [-0.05, 0) is 87.5 Å². The van der Waals surface area contributed by atoms with Crippen LogP contribution < -0.4 is 0 Å². The Labute approximate surface area is 125 Å². The maximum absolute atomic E-state index is 5.76. The average molecular weight is 276 g/mol. The summed E-state index contributed by atoms with van der Waals surface area (Å²) >= 11 is 0. The van der Waals surface area contributed by atoms with Crippen LogP contribution in [0, 0.1) is 29.6 Å². The van der Waals surface area contributed by atoms with E-state index in [1.807, 2.05) is 0 Å². The second-order valence-corrected chi connectivity index (χ2v) is 7.82. The molecule has 0 aromatic rings. The Balaban J connectivity index is 1.45. The van der Waals surface area contributed by atoms with E-state index in [-0.39, 0.29) is 0 Å². The molecule has 2 aliphatic carbocycles. The molecule has 1 unspecified atom stereocenters. The van der Waals surface area contributed by atoms with Crippen LogP contribution in [-0.2, 0) is 4.74 Å². The fraction of sp³-hybridized carbons (Fsp3) is 0.895. The molecule has 1 heterocycles. The highest BCUT2D eigenvalue weighted by molar-refractivity contribution is 4.96. The first-order valence-corrected chi connectivity index (χ1v) is 9.02. The zero-order chi connectivity index (χ0) is 13.9. The Morgan fingerprint density at radius 2 is 1.30 bits per heavy atom. The van der Waals surface area contributed by atoms with Gasteiger partial charge in [0, 0.05) is 0 Å². The molecule has 0 amide bonds. The molecule has 0 N–H and O–H groups in total. The van der Waals surface area contributed by atoms with Crippen LogP contribution in [-0.4, -0.2) is 6.61 Å². The molecule has 1 aliphatic heterocycles. The van der Waals surface area contributed by atoms with E-state index in [1.165, 1.54) is 57.8 Å². The summed E-state index contributed by atoms with van der Waals surface area (Å²) in [5, 5.41) is 0. The lowest BCUT2D eigenvalue weighted by Gasteiger charge is -2.39. The van der Waals surface area contributed by atoms with E-state index >= 15 is 0 Å². The minimum absolute atomic E-state index is 0.811. The molecule has 20 heavy (non-hydrogen) atoms. The zero-order valence-electron chi connectivity index (χ0n) is 13.4. The van der Waals surface area contributed by atoms with E-state index in [4.69, 9.17) is 4.74 Å². The monoisotopic (exact) mass is 276 g/mol. The maximum atomic E-state index is 5.76. The third kappa shape index (κ3) is 3.40. The summed E-state index contributed by atoms with van der Waals surface area (Å²) < 4.78 is 5.76. The van der Waals surface area contributed by atoms with Crippen LogP contribution in [0.3, 0.4) is 0 Å². The fourth-order valence-electron chi connectivity index (χ4n) is 4.86. The number of rotatable bonds is 2. The Morgan fingerprint density at radius 1 is 0.800 bits per heavy atom. The van der Waals surface area contributed by atoms with E-state index in [0.29, 0.717) is 0 Å². The van der Waals surface area contributed by atoms with Gasteiger partial charge >= 0.3 is 0 Å². The summed E-state index contributed by atoms with van der Waals surface area (Å²) in [7, 11) is 0. The largest absolute Gasteiger partial charge is 0.498 e. The highest BCUT2D eigenvalue weighted by Crippen LogP contribution is 2.43. The number of hydrogen-bond donors (Lipinski definition) is 0. The molecule has 1 atom stereocenters. The first-order chi connectivity index (χ1) is 9.72. The Kier molecular flexibility index (Phi) is 4.73. The minimum atomic E-state index is 0.811. The molecule has 3 aliphatic rings. The lowest BCUT2D eigenvalue weighted by atomic mass is 9.67. The SMILES string of the molecule is CC1=CCC(C2CCC(C3CCC(C)CC3)CC2)CO1. The third-order valence-electron chi connectivity index (χ3n) is 6.44. The van der Waals surface area contributed by atoms with Crippen molar-refractivity contribution in [2.75, 3.05) is 6.61 Å². The Hall–Kier alpha value is -0.460. The molecular weight excluding hydrogens is 244 g/mol. The van der Waals surface area contributed by atoms with Crippen LogP contribution in [0.25, 0.3) is 0 Å². The van der Waals surface area contributed by atoms with Crippen LogP contribution in [0.2, 0.25) is 0 Å². The van der Waals surface area contributed by atoms with Gasteiger partial charge in [-0.15, -0.1) is 0 Å². The van der Waals surface area contributed by atoms with Crippen molar-refractivity contribution in [2.45, 2.75) is 71.6 Å². The molecule has 0 aromatic heterocycles. The van der Waals surface area contributed by atoms with Crippen molar-refractivity contribution >= 4 is 0 Å². The summed E-state index contributed by atoms with van der Waals surface area (Å²) in [4.78, 5) is 0. The van der Waals surface area contributed by atoms with Gasteiger partial charge in [-0.25, -0.2) is 0 Å². The average Bonchev–Trinajstić information content (AvgIpc) is 2.49. The smallest absolute Gasteiger partial charge is 0.0910 e. The van der Waals surface area contributed by atoms with Crippen LogP contribution in [0.15, 0.2) is 11.8 Å². The molecule has 1 nitrogen and oxygen atoms in total. The first kappa shape index (κ1) is 14.5. The molecule has 0 radical (unpaired) electrons. The predicted molar refractivity (Wildman–Crippen MR) is 84.4 cm³/mol. The second kappa shape index (κ2) is 6.54. The van der Waals surface area contributed by atoms with Crippen molar-refractivity contribution in [2.24, 2.45) is 29.6 Å². The third-order valence-corrected chi connectivity index (χ3v) is 6.44. The minimum Gasteiger partial charge on any atom is -0.498 e. The van der Waals surface area contributed by atoms with E-state index in [0.717, 1.165) is 42.0 Å². The van der Waals surface area contributed by atoms with Gasteiger partial charge in [0.1, 0.15) is 0 Å². The summed E-state index contributed by atoms with van der Waals surface area (Å²) in [5.41, 5.74) is 0. The number of ether oxygens (including phenoxy) is 1. The van der Waals surface area contributed by atoms with Gasteiger partial charge in [-0.2, -0.15) is 0 Å². The maximum Gasteiger partial charge on any atom is 0.0910 e. The van der Waals surface area contributed by atoms with E-state index in [1.54, 1.807) is 0 Å². The van der Waals surface area contributed by atoms with Gasteiger partial charge in [0.05, 0.1) is 12.4 Å². The zero-order valence-corrected chi connectivity index (χ0v) is 13.4. The van der Waals surface area contributed by atoms with Gasteiger partial charge in [-0.1, -0.05) is 19.8 Å². The van der Waals surface area contributed by atoms with E-state index in [9.17, 15) is 0 Å². The molecule has 2 saturated carbocycles. The normalized spacial score (nSPS) is 42.7. The number of hydrogen-bond acceptors (Lipinski definition) is 1. The molecule has 114 valence electrons. The molecule has 0 spiro atoms. The molecular formula is C19H32O. The van der Waals surface area contributed by atoms with Crippen molar-refractivity contribution in [1.29, 1.82) is 0 Å². The number of allylic oxidation sites excluding steroid dienone is 2. The van der Waals surface area contributed by atoms with Gasteiger partial charge in [0.25, 0.3) is 0 Å². The van der Waals surface area contributed by atoms with Crippen molar-refractivity contribution in [3.05, 3.63) is 11.8 Å². The topological polar surface area (TPSA) is 9.23 Å². The Bertz CT molecular complexity index is 330. The lowest BCUT2D eigenvalue weighted by Crippen LogP contribution is -2.30. The lowest BCUT2D eigenvalue weighted by molar-refractivity contribution is 0.0741. The predicted octanol–water partition coefficient (Wildman–Crippen LogP) is 5.56. The summed E-state index contributed by atoms with van der Waals surface area (Å²) in [6, 6.07) is 0. The summed E-state index contributed by atoms with van der Waals surface area (Å²) in [6.07, 6.45) is 15.5. The first-order valence-electron chi connectivity index (χ1n) is 9.02. The van der Waals surface area contributed by atoms with Gasteiger partial charge < -0.3 is 4.74 Å². The molecule has 1 heteroatoms. The van der Waals surface area contributed by atoms with Crippen molar-refractivity contribution < 1.29 is 4.74 Å². The molecule has 0 aromatic carbocycles. The molecule has 0 saturated heterocycles. The van der Waals surface area contributed by atoms with Crippen molar-refractivity contribution in [3.63, 3.8) is 0 Å².